The summed E-state index contributed by atoms with van der Waals surface area (Å²) < 4.78 is 34.4. The Morgan fingerprint density at radius 1 is 1.33 bits per heavy atom. The standard InChI is InChI=1S/C15H16N2O5S.CH4/c1-9(2)21-15-13-10(5-6-16-15)8-11-12(18)4-3-7-23(19,20)22-14(11)17-13;/h5-6,8-9H,3-4,7H2,1-2H3;1H4. The highest BCUT2D eigenvalue weighted by Gasteiger charge is 2.26. The summed E-state index contributed by atoms with van der Waals surface area (Å²) in [6.07, 6.45) is 1.81. The fraction of sp³-hybridized carbons (Fsp3) is 0.438. The Hall–Kier alpha value is -2.22. The van der Waals surface area contributed by atoms with Crippen molar-refractivity contribution in [1.82, 2.24) is 9.97 Å². The zero-order valence-corrected chi connectivity index (χ0v) is 13.6. The molecule has 0 atom stereocenters. The zero-order chi connectivity index (χ0) is 16.6. The SMILES string of the molecule is C.CC(C)Oc1nccc2cc3c(nc12)OS(=O)(=O)CCCC3=O. The summed E-state index contributed by atoms with van der Waals surface area (Å²) in [4.78, 5) is 20.5. The van der Waals surface area contributed by atoms with Gasteiger partial charge in [0.15, 0.2) is 5.78 Å². The molecule has 0 fully saturated rings. The lowest BCUT2D eigenvalue weighted by Gasteiger charge is -2.15. The summed E-state index contributed by atoms with van der Waals surface area (Å²) in [7, 11) is -3.76. The first-order chi connectivity index (χ1) is 10.9. The number of hydrogen-bond donors (Lipinski definition) is 0. The Balaban J connectivity index is 0.00000208. The third-order valence-corrected chi connectivity index (χ3v) is 4.52. The molecular weight excluding hydrogens is 332 g/mol. The molecule has 2 aromatic rings. The molecule has 0 saturated heterocycles. The Kier molecular flexibility index (Phi) is 5.08. The number of pyridine rings is 2. The first-order valence-electron chi connectivity index (χ1n) is 7.27. The van der Waals surface area contributed by atoms with E-state index in [1.54, 1.807) is 18.3 Å². The molecule has 0 bridgehead atoms. The summed E-state index contributed by atoms with van der Waals surface area (Å²) in [5.41, 5.74) is 0.533. The predicted octanol–water partition coefficient (Wildman–Crippen LogP) is 2.74. The average Bonchev–Trinajstić information content (AvgIpc) is 2.45. The Morgan fingerprint density at radius 3 is 2.79 bits per heavy atom. The molecule has 24 heavy (non-hydrogen) atoms. The monoisotopic (exact) mass is 352 g/mol. The van der Waals surface area contributed by atoms with Crippen molar-refractivity contribution in [1.29, 1.82) is 0 Å². The predicted molar refractivity (Wildman–Crippen MR) is 90.0 cm³/mol. The highest BCUT2D eigenvalue weighted by Crippen LogP contribution is 2.30. The molecule has 0 saturated carbocycles. The van der Waals surface area contributed by atoms with Crippen molar-refractivity contribution < 1.29 is 22.1 Å². The molecular formula is C16H20N2O5S. The smallest absolute Gasteiger partial charge is 0.310 e. The normalized spacial score (nSPS) is 16.5. The number of aromatic nitrogens is 2. The lowest BCUT2D eigenvalue weighted by atomic mass is 10.1. The van der Waals surface area contributed by atoms with Gasteiger partial charge in [0.25, 0.3) is 0 Å². The van der Waals surface area contributed by atoms with Crippen molar-refractivity contribution >= 4 is 26.8 Å². The number of ether oxygens (including phenoxy) is 1. The van der Waals surface area contributed by atoms with E-state index in [0.29, 0.717) is 10.9 Å². The van der Waals surface area contributed by atoms with Crippen LogP contribution in [0.15, 0.2) is 18.3 Å². The molecule has 0 amide bonds. The third-order valence-electron chi connectivity index (χ3n) is 3.32. The first kappa shape index (κ1) is 18.1. The van der Waals surface area contributed by atoms with E-state index >= 15 is 0 Å². The Morgan fingerprint density at radius 2 is 2.08 bits per heavy atom. The van der Waals surface area contributed by atoms with Crippen LogP contribution in [0.1, 0.15) is 44.5 Å². The van der Waals surface area contributed by atoms with E-state index < -0.39 is 10.1 Å². The second-order valence-corrected chi connectivity index (χ2v) is 7.26. The molecule has 8 heteroatoms. The van der Waals surface area contributed by atoms with Crippen LogP contribution >= 0.6 is 0 Å². The molecule has 0 aromatic carbocycles. The molecule has 3 heterocycles. The highest BCUT2D eigenvalue weighted by molar-refractivity contribution is 7.87. The van der Waals surface area contributed by atoms with Crippen molar-refractivity contribution in [3.63, 3.8) is 0 Å². The van der Waals surface area contributed by atoms with E-state index in [1.807, 2.05) is 13.8 Å². The number of Topliss-reactive ketones (excluding diaryl/α,β-unsaturated/α-hetero) is 1. The molecule has 0 radical (unpaired) electrons. The molecule has 2 aromatic heterocycles. The largest absolute Gasteiger partial charge is 0.473 e. The minimum atomic E-state index is -3.76. The second kappa shape index (κ2) is 6.72. The number of carbonyl (C=O) groups excluding carboxylic acids is 1. The van der Waals surface area contributed by atoms with Gasteiger partial charge in [0.05, 0.1) is 17.4 Å². The van der Waals surface area contributed by atoms with Crippen LogP contribution in [0.2, 0.25) is 0 Å². The quantitative estimate of drug-likeness (QED) is 0.767. The van der Waals surface area contributed by atoms with Gasteiger partial charge >= 0.3 is 10.1 Å². The molecule has 0 unspecified atom stereocenters. The van der Waals surface area contributed by atoms with E-state index in [-0.39, 0.29) is 55.2 Å². The molecule has 130 valence electrons. The van der Waals surface area contributed by atoms with Crippen LogP contribution in [-0.2, 0) is 10.1 Å². The van der Waals surface area contributed by atoms with Crippen molar-refractivity contribution in [3.8, 4) is 11.8 Å². The number of ketones is 1. The van der Waals surface area contributed by atoms with Crippen molar-refractivity contribution in [3.05, 3.63) is 23.9 Å². The maximum atomic E-state index is 12.2. The second-order valence-electron chi connectivity index (χ2n) is 5.57. The Labute approximate surface area is 141 Å². The lowest BCUT2D eigenvalue weighted by molar-refractivity contribution is 0.0978. The molecule has 7 nitrogen and oxygen atoms in total. The molecule has 3 rings (SSSR count). The highest BCUT2D eigenvalue weighted by atomic mass is 32.2. The van der Waals surface area contributed by atoms with Crippen LogP contribution in [0.3, 0.4) is 0 Å². The molecule has 0 spiro atoms. The van der Waals surface area contributed by atoms with Gasteiger partial charge in [-0.05, 0) is 32.4 Å². The minimum Gasteiger partial charge on any atom is -0.473 e. The first-order valence-corrected chi connectivity index (χ1v) is 8.85. The van der Waals surface area contributed by atoms with Gasteiger partial charge in [-0.2, -0.15) is 8.42 Å². The molecule has 0 N–H and O–H groups in total. The summed E-state index contributed by atoms with van der Waals surface area (Å²) >= 11 is 0. The van der Waals surface area contributed by atoms with E-state index in [0.717, 1.165) is 0 Å². The van der Waals surface area contributed by atoms with Crippen LogP contribution in [0.25, 0.3) is 10.9 Å². The fourth-order valence-electron chi connectivity index (χ4n) is 2.34. The third kappa shape index (κ3) is 3.64. The van der Waals surface area contributed by atoms with Gasteiger partial charge in [-0.3, -0.25) is 4.79 Å². The van der Waals surface area contributed by atoms with E-state index in [2.05, 4.69) is 9.97 Å². The minimum absolute atomic E-state index is 0. The van der Waals surface area contributed by atoms with Crippen molar-refractivity contribution in [2.75, 3.05) is 5.75 Å². The van der Waals surface area contributed by atoms with Crippen molar-refractivity contribution in [2.24, 2.45) is 0 Å². The average molecular weight is 352 g/mol. The number of carbonyl (C=O) groups is 1. The summed E-state index contributed by atoms with van der Waals surface area (Å²) in [5.74, 6) is -0.327. The fourth-order valence-corrected chi connectivity index (χ4v) is 3.28. The number of hydrogen-bond acceptors (Lipinski definition) is 7. The van der Waals surface area contributed by atoms with Crippen LogP contribution in [-0.4, -0.2) is 36.0 Å². The summed E-state index contributed by atoms with van der Waals surface area (Å²) in [6.45, 7) is 3.69. The van der Waals surface area contributed by atoms with Gasteiger partial charge in [-0.15, -0.1) is 0 Å². The van der Waals surface area contributed by atoms with Crippen LogP contribution in [0, 0.1) is 0 Å². The van der Waals surface area contributed by atoms with E-state index in [9.17, 15) is 13.2 Å². The maximum Gasteiger partial charge on any atom is 0.310 e. The van der Waals surface area contributed by atoms with Crippen LogP contribution < -0.4 is 8.92 Å². The van der Waals surface area contributed by atoms with Gasteiger partial charge in [0.2, 0.25) is 11.8 Å². The number of nitrogens with zero attached hydrogens (tertiary/aromatic N) is 2. The summed E-state index contributed by atoms with van der Waals surface area (Å²) in [6, 6.07) is 3.27. The van der Waals surface area contributed by atoms with Gasteiger partial charge < -0.3 is 8.92 Å². The van der Waals surface area contributed by atoms with Gasteiger partial charge in [-0.25, -0.2) is 9.97 Å². The Bertz CT molecular complexity index is 877. The summed E-state index contributed by atoms with van der Waals surface area (Å²) in [5, 5.41) is 0.643. The zero-order valence-electron chi connectivity index (χ0n) is 12.8. The lowest BCUT2D eigenvalue weighted by Crippen LogP contribution is -2.20. The van der Waals surface area contributed by atoms with E-state index in [4.69, 9.17) is 8.92 Å². The molecule has 1 aliphatic heterocycles. The maximum absolute atomic E-state index is 12.2. The van der Waals surface area contributed by atoms with Gasteiger partial charge in [0.1, 0.15) is 5.52 Å². The molecule has 0 aliphatic carbocycles. The van der Waals surface area contributed by atoms with Gasteiger partial charge in [0, 0.05) is 18.0 Å². The number of fused-ring (bicyclic) bond motifs is 2. The number of rotatable bonds is 2. The molecule has 1 aliphatic rings. The van der Waals surface area contributed by atoms with Crippen molar-refractivity contribution in [2.45, 2.75) is 40.2 Å². The van der Waals surface area contributed by atoms with Gasteiger partial charge in [-0.1, -0.05) is 7.43 Å². The topological polar surface area (TPSA) is 95.5 Å². The van der Waals surface area contributed by atoms with E-state index in [1.165, 1.54) is 0 Å². The van der Waals surface area contributed by atoms with Crippen LogP contribution in [0.5, 0.6) is 11.8 Å². The van der Waals surface area contributed by atoms with Crippen LogP contribution in [0.4, 0.5) is 0 Å².